The topological polar surface area (TPSA) is 49.8 Å². The predicted molar refractivity (Wildman–Crippen MR) is 91.7 cm³/mol. The van der Waals surface area contributed by atoms with Crippen LogP contribution < -0.4 is 0 Å². The number of piperidine rings is 1. The van der Waals surface area contributed by atoms with Gasteiger partial charge in [0.15, 0.2) is 0 Å². The fourth-order valence-corrected chi connectivity index (χ4v) is 4.63. The summed E-state index contributed by atoms with van der Waals surface area (Å²) in [6, 6.07) is 7.40. The molecule has 1 amide bonds. The van der Waals surface area contributed by atoms with Crippen LogP contribution in [-0.4, -0.2) is 41.2 Å². The Morgan fingerprint density at radius 1 is 1.17 bits per heavy atom. The van der Waals surface area contributed by atoms with Crippen molar-refractivity contribution in [1.82, 2.24) is 4.90 Å². The third kappa shape index (κ3) is 3.07. The molecule has 1 aromatic carbocycles. The number of nitrogens with zero attached hydrogens (tertiary/aromatic N) is 1. The quantitative estimate of drug-likeness (QED) is 0.911. The van der Waals surface area contributed by atoms with Gasteiger partial charge in [0.25, 0.3) is 0 Å². The molecule has 24 heavy (non-hydrogen) atoms. The maximum atomic E-state index is 12.7. The number of halogens is 1. The number of carbonyl (C=O) groups excluding carboxylic acids is 1. The normalized spacial score (nSPS) is 31.4. The maximum Gasteiger partial charge on any atom is 0.228 e. The number of fused-ring (bicyclic) bond motifs is 2. The van der Waals surface area contributed by atoms with Crippen LogP contribution in [0.5, 0.6) is 0 Å². The number of rotatable bonds is 3. The Bertz CT molecular complexity index is 597. The van der Waals surface area contributed by atoms with Gasteiger partial charge < -0.3 is 14.7 Å². The molecule has 3 saturated heterocycles. The zero-order valence-electron chi connectivity index (χ0n) is 13.7. The molecule has 0 aliphatic carbocycles. The molecule has 0 saturated carbocycles. The second kappa shape index (κ2) is 6.66. The van der Waals surface area contributed by atoms with Crippen LogP contribution >= 0.6 is 11.6 Å². The van der Waals surface area contributed by atoms with Crippen LogP contribution in [0.4, 0.5) is 0 Å². The van der Waals surface area contributed by atoms with Crippen molar-refractivity contribution in [1.29, 1.82) is 0 Å². The molecule has 0 aromatic heterocycles. The van der Waals surface area contributed by atoms with E-state index in [1.807, 2.05) is 29.2 Å². The molecule has 5 heteroatoms. The van der Waals surface area contributed by atoms with E-state index in [0.717, 1.165) is 50.8 Å². The van der Waals surface area contributed by atoms with Crippen LogP contribution in [0.15, 0.2) is 24.3 Å². The number of amides is 1. The van der Waals surface area contributed by atoms with E-state index in [4.69, 9.17) is 16.3 Å². The molecule has 3 heterocycles. The van der Waals surface area contributed by atoms with Crippen LogP contribution in [0.2, 0.25) is 5.02 Å². The maximum absolute atomic E-state index is 12.7. The molecule has 3 fully saturated rings. The van der Waals surface area contributed by atoms with Crippen molar-refractivity contribution in [3.05, 3.63) is 34.9 Å². The first-order valence-electron chi connectivity index (χ1n) is 8.99. The standard InChI is InChI=1S/C19H24ClNO3/c20-14-3-1-12(2-4-14)18(22)13-7-9-21(10-8-13)19(23)16-11-15-5-6-17(16)24-15/h1-4,13,15-18,22H,5-11H2. The first kappa shape index (κ1) is 16.4. The molecule has 130 valence electrons. The number of hydrogen-bond acceptors (Lipinski definition) is 3. The Morgan fingerprint density at radius 3 is 2.46 bits per heavy atom. The summed E-state index contributed by atoms with van der Waals surface area (Å²) in [6.45, 7) is 1.48. The van der Waals surface area contributed by atoms with Crippen molar-refractivity contribution in [2.24, 2.45) is 11.8 Å². The number of ether oxygens (including phenoxy) is 1. The molecule has 4 rings (SSSR count). The highest BCUT2D eigenvalue weighted by Crippen LogP contribution is 2.40. The average molecular weight is 350 g/mol. The van der Waals surface area contributed by atoms with Gasteiger partial charge in [0.1, 0.15) is 0 Å². The van der Waals surface area contributed by atoms with Crippen molar-refractivity contribution in [3.63, 3.8) is 0 Å². The smallest absolute Gasteiger partial charge is 0.228 e. The minimum absolute atomic E-state index is 0.0708. The molecule has 4 unspecified atom stereocenters. The predicted octanol–water partition coefficient (Wildman–Crippen LogP) is 3.18. The van der Waals surface area contributed by atoms with Gasteiger partial charge in [-0.2, -0.15) is 0 Å². The van der Waals surface area contributed by atoms with Gasteiger partial charge >= 0.3 is 0 Å². The average Bonchev–Trinajstić information content (AvgIpc) is 3.25. The molecule has 0 spiro atoms. The van der Waals surface area contributed by atoms with Gasteiger partial charge in [-0.1, -0.05) is 23.7 Å². The van der Waals surface area contributed by atoms with E-state index in [-0.39, 0.29) is 23.8 Å². The Kier molecular flexibility index (Phi) is 4.54. The van der Waals surface area contributed by atoms with E-state index in [1.165, 1.54) is 0 Å². The Labute approximate surface area is 147 Å². The van der Waals surface area contributed by atoms with Crippen molar-refractivity contribution >= 4 is 17.5 Å². The van der Waals surface area contributed by atoms with Crippen molar-refractivity contribution in [2.75, 3.05) is 13.1 Å². The van der Waals surface area contributed by atoms with Gasteiger partial charge in [-0.3, -0.25) is 4.79 Å². The Balaban J connectivity index is 1.33. The fraction of sp³-hybridized carbons (Fsp3) is 0.632. The van der Waals surface area contributed by atoms with Gasteiger partial charge in [-0.15, -0.1) is 0 Å². The summed E-state index contributed by atoms with van der Waals surface area (Å²) in [5, 5.41) is 11.3. The minimum atomic E-state index is -0.481. The summed E-state index contributed by atoms with van der Waals surface area (Å²) in [5.74, 6) is 0.537. The number of aliphatic hydroxyl groups is 1. The van der Waals surface area contributed by atoms with E-state index < -0.39 is 6.10 Å². The highest BCUT2D eigenvalue weighted by atomic mass is 35.5. The van der Waals surface area contributed by atoms with E-state index in [2.05, 4.69) is 0 Å². The first-order valence-corrected chi connectivity index (χ1v) is 9.37. The molecule has 0 radical (unpaired) electrons. The number of likely N-dealkylation sites (tertiary alicyclic amines) is 1. The molecule has 1 aromatic rings. The number of aliphatic hydroxyl groups excluding tert-OH is 1. The minimum Gasteiger partial charge on any atom is -0.388 e. The van der Waals surface area contributed by atoms with E-state index in [9.17, 15) is 9.90 Å². The largest absolute Gasteiger partial charge is 0.388 e. The molecule has 1 N–H and O–H groups in total. The van der Waals surface area contributed by atoms with Crippen LogP contribution in [0.25, 0.3) is 0 Å². The molecule has 4 atom stereocenters. The van der Waals surface area contributed by atoms with E-state index >= 15 is 0 Å². The second-order valence-electron chi connectivity index (χ2n) is 7.38. The van der Waals surface area contributed by atoms with Gasteiger partial charge in [-0.25, -0.2) is 0 Å². The Hall–Kier alpha value is -1.10. The van der Waals surface area contributed by atoms with Gasteiger partial charge in [0, 0.05) is 18.1 Å². The summed E-state index contributed by atoms with van der Waals surface area (Å²) < 4.78 is 5.83. The van der Waals surface area contributed by atoms with Crippen LogP contribution in [0, 0.1) is 11.8 Å². The number of benzene rings is 1. The first-order chi connectivity index (χ1) is 11.6. The number of hydrogen-bond donors (Lipinski definition) is 1. The SMILES string of the molecule is O=C(C1CC2CCC1O2)N1CCC(C(O)c2ccc(Cl)cc2)CC1. The zero-order chi connectivity index (χ0) is 16.7. The lowest BCUT2D eigenvalue weighted by atomic mass is 9.85. The zero-order valence-corrected chi connectivity index (χ0v) is 14.5. The molecule has 3 aliphatic heterocycles. The highest BCUT2D eigenvalue weighted by Gasteiger charge is 2.46. The fourth-order valence-electron chi connectivity index (χ4n) is 4.50. The summed E-state index contributed by atoms with van der Waals surface area (Å²) in [7, 11) is 0. The summed E-state index contributed by atoms with van der Waals surface area (Å²) in [4.78, 5) is 14.7. The lowest BCUT2D eigenvalue weighted by Crippen LogP contribution is -2.44. The van der Waals surface area contributed by atoms with Gasteiger partial charge in [0.05, 0.1) is 24.2 Å². The second-order valence-corrected chi connectivity index (χ2v) is 7.81. The van der Waals surface area contributed by atoms with Crippen LogP contribution in [0.1, 0.15) is 43.8 Å². The molecule has 3 aliphatic rings. The van der Waals surface area contributed by atoms with Gasteiger partial charge in [-0.05, 0) is 55.7 Å². The van der Waals surface area contributed by atoms with Crippen molar-refractivity contribution in [2.45, 2.75) is 50.4 Å². The molecule has 2 bridgehead atoms. The van der Waals surface area contributed by atoms with Crippen molar-refractivity contribution < 1.29 is 14.6 Å². The molecule has 4 nitrogen and oxygen atoms in total. The lowest BCUT2D eigenvalue weighted by Gasteiger charge is -2.36. The van der Waals surface area contributed by atoms with Crippen LogP contribution in [0.3, 0.4) is 0 Å². The van der Waals surface area contributed by atoms with E-state index in [0.29, 0.717) is 11.1 Å². The van der Waals surface area contributed by atoms with E-state index in [1.54, 1.807) is 0 Å². The summed E-state index contributed by atoms with van der Waals surface area (Å²) in [6.07, 6.45) is 4.72. The van der Waals surface area contributed by atoms with Crippen molar-refractivity contribution in [3.8, 4) is 0 Å². The number of carbonyl (C=O) groups is 1. The Morgan fingerprint density at radius 2 is 1.88 bits per heavy atom. The molecular formula is C19H24ClNO3. The summed E-state index contributed by atoms with van der Waals surface area (Å²) >= 11 is 5.91. The third-order valence-electron chi connectivity index (χ3n) is 5.93. The third-order valence-corrected chi connectivity index (χ3v) is 6.18. The monoisotopic (exact) mass is 349 g/mol. The lowest BCUT2D eigenvalue weighted by molar-refractivity contribution is -0.139. The summed E-state index contributed by atoms with van der Waals surface area (Å²) in [5.41, 5.74) is 0.908. The van der Waals surface area contributed by atoms with Crippen LogP contribution in [-0.2, 0) is 9.53 Å². The highest BCUT2D eigenvalue weighted by molar-refractivity contribution is 6.30. The molecular weight excluding hydrogens is 326 g/mol. The van der Waals surface area contributed by atoms with Gasteiger partial charge in [0.2, 0.25) is 5.91 Å².